The van der Waals surface area contributed by atoms with Crippen LogP contribution in [0.1, 0.15) is 45.4 Å². The van der Waals surface area contributed by atoms with Gasteiger partial charge in [0.1, 0.15) is 6.29 Å². The lowest BCUT2D eigenvalue weighted by molar-refractivity contribution is -0.104. The number of aryl methyl sites for hydroxylation is 1. The first-order valence-electron chi connectivity index (χ1n) is 10.1. The van der Waals surface area contributed by atoms with Crippen LogP contribution in [0.25, 0.3) is 17.1 Å². The van der Waals surface area contributed by atoms with Crippen molar-refractivity contribution >= 4 is 12.0 Å². The molecular weight excluding hydrogens is 379 g/mol. The van der Waals surface area contributed by atoms with Crippen molar-refractivity contribution in [2.24, 2.45) is 0 Å². The fourth-order valence-electron chi connectivity index (χ4n) is 2.48. The largest absolute Gasteiger partial charge is 0.357 e. The highest BCUT2D eigenvalue weighted by Crippen LogP contribution is 2.19. The third-order valence-corrected chi connectivity index (χ3v) is 4.09. The molecule has 0 saturated heterocycles. The average Bonchev–Trinajstić information content (AvgIpc) is 2.73. The minimum atomic E-state index is -0.667. The second-order valence-electron chi connectivity index (χ2n) is 7.11. The molecule has 1 heterocycles. The number of rotatable bonds is 8. The zero-order valence-electron chi connectivity index (χ0n) is 18.8. The number of alkyl halides is 1. The first-order valence-corrected chi connectivity index (χ1v) is 10.1. The van der Waals surface area contributed by atoms with Gasteiger partial charge in [0.05, 0.1) is 17.6 Å². The maximum atomic E-state index is 11.2. The Morgan fingerprint density at radius 1 is 1.20 bits per heavy atom. The average molecular weight is 413 g/mol. The van der Waals surface area contributed by atoms with Crippen LogP contribution in [-0.2, 0) is 4.79 Å². The normalized spacial score (nSPS) is 12.1. The number of benzene rings is 1. The van der Waals surface area contributed by atoms with Crippen LogP contribution in [0.3, 0.4) is 0 Å². The van der Waals surface area contributed by atoms with E-state index in [4.69, 9.17) is 4.98 Å². The van der Waals surface area contributed by atoms with Crippen molar-refractivity contribution in [1.82, 2.24) is 20.6 Å². The number of hydrogen-bond donors (Lipinski definition) is 2. The summed E-state index contributed by atoms with van der Waals surface area (Å²) in [6.07, 6.45) is 4.66. The SMILES string of the molecule is C/C=C(\N/C(CCNC)=C(\C)C=O)c1ccnc(-c2ccc(C)cc2)n1.CC(C)F. The fraction of sp³-hybridized carbons (Fsp3) is 0.375. The molecule has 0 aliphatic carbocycles. The Balaban J connectivity index is 0.00000103. The number of nitrogens with one attached hydrogen (secondary N) is 2. The Morgan fingerprint density at radius 3 is 2.37 bits per heavy atom. The second kappa shape index (κ2) is 13.4. The molecule has 2 N–H and O–H groups in total. The minimum absolute atomic E-state index is 0.667. The van der Waals surface area contributed by atoms with E-state index in [0.717, 1.165) is 41.9 Å². The molecular formula is C24H33FN4O. The molecule has 1 aromatic heterocycles. The minimum Gasteiger partial charge on any atom is -0.357 e. The Labute approximate surface area is 179 Å². The molecule has 0 saturated carbocycles. The predicted molar refractivity (Wildman–Crippen MR) is 123 cm³/mol. The van der Waals surface area contributed by atoms with Gasteiger partial charge in [0, 0.05) is 36.0 Å². The topological polar surface area (TPSA) is 66.9 Å². The van der Waals surface area contributed by atoms with Crippen LogP contribution in [0.2, 0.25) is 0 Å². The summed E-state index contributed by atoms with van der Waals surface area (Å²) in [5.41, 5.74) is 5.39. The van der Waals surface area contributed by atoms with Gasteiger partial charge in [0.2, 0.25) is 0 Å². The Kier molecular flexibility index (Phi) is 11.2. The molecule has 0 atom stereocenters. The van der Waals surface area contributed by atoms with Gasteiger partial charge < -0.3 is 10.6 Å². The molecule has 0 spiro atoms. The summed E-state index contributed by atoms with van der Waals surface area (Å²) in [4.78, 5) is 20.3. The molecule has 162 valence electrons. The maximum absolute atomic E-state index is 11.2. The van der Waals surface area contributed by atoms with Crippen LogP contribution in [0.15, 0.2) is 53.9 Å². The maximum Gasteiger partial charge on any atom is 0.159 e. The van der Waals surface area contributed by atoms with Gasteiger partial charge in [-0.3, -0.25) is 4.79 Å². The van der Waals surface area contributed by atoms with Gasteiger partial charge in [-0.25, -0.2) is 14.4 Å². The molecule has 0 amide bonds. The lowest BCUT2D eigenvalue weighted by Crippen LogP contribution is -2.19. The van der Waals surface area contributed by atoms with E-state index >= 15 is 0 Å². The molecule has 0 aliphatic rings. The summed E-state index contributed by atoms with van der Waals surface area (Å²) in [7, 11) is 1.89. The number of carbonyl (C=O) groups is 1. The van der Waals surface area contributed by atoms with Crippen molar-refractivity contribution in [3.05, 3.63) is 65.1 Å². The number of hydrogen-bond acceptors (Lipinski definition) is 5. The van der Waals surface area contributed by atoms with E-state index in [1.54, 1.807) is 6.20 Å². The van der Waals surface area contributed by atoms with Crippen molar-refractivity contribution < 1.29 is 9.18 Å². The molecule has 0 fully saturated rings. The van der Waals surface area contributed by atoms with E-state index in [9.17, 15) is 9.18 Å². The highest BCUT2D eigenvalue weighted by molar-refractivity contribution is 5.75. The highest BCUT2D eigenvalue weighted by atomic mass is 19.1. The molecule has 2 rings (SSSR count). The van der Waals surface area contributed by atoms with E-state index in [1.165, 1.54) is 19.4 Å². The van der Waals surface area contributed by atoms with Crippen LogP contribution >= 0.6 is 0 Å². The summed E-state index contributed by atoms with van der Waals surface area (Å²) >= 11 is 0. The predicted octanol–water partition coefficient (Wildman–Crippen LogP) is 4.85. The van der Waals surface area contributed by atoms with Crippen molar-refractivity contribution in [2.45, 2.75) is 47.2 Å². The van der Waals surface area contributed by atoms with Crippen LogP contribution in [0.4, 0.5) is 4.39 Å². The Hall–Kier alpha value is -2.86. The van der Waals surface area contributed by atoms with Gasteiger partial charge in [-0.05, 0) is 47.7 Å². The number of carbonyl (C=O) groups excluding carboxylic acids is 1. The summed E-state index contributed by atoms with van der Waals surface area (Å²) in [6, 6.07) is 10.0. The van der Waals surface area contributed by atoms with Gasteiger partial charge >= 0.3 is 0 Å². The molecule has 0 bridgehead atoms. The molecule has 0 aliphatic heterocycles. The zero-order chi connectivity index (χ0) is 22.5. The van der Waals surface area contributed by atoms with E-state index < -0.39 is 6.17 Å². The lowest BCUT2D eigenvalue weighted by Gasteiger charge is -2.16. The monoisotopic (exact) mass is 412 g/mol. The molecule has 0 radical (unpaired) electrons. The number of nitrogens with zero attached hydrogens (tertiary/aromatic N) is 2. The molecule has 6 heteroatoms. The Bertz CT molecular complexity index is 855. The molecule has 0 unspecified atom stereocenters. The number of halogens is 1. The van der Waals surface area contributed by atoms with Crippen LogP contribution < -0.4 is 10.6 Å². The van der Waals surface area contributed by atoms with Crippen molar-refractivity contribution in [3.63, 3.8) is 0 Å². The highest BCUT2D eigenvalue weighted by Gasteiger charge is 2.10. The van der Waals surface area contributed by atoms with Gasteiger partial charge in [0.25, 0.3) is 0 Å². The molecule has 5 nitrogen and oxygen atoms in total. The molecule has 1 aromatic carbocycles. The van der Waals surface area contributed by atoms with Gasteiger partial charge in [-0.1, -0.05) is 35.9 Å². The van der Waals surface area contributed by atoms with Gasteiger partial charge in [-0.2, -0.15) is 0 Å². The second-order valence-corrected chi connectivity index (χ2v) is 7.11. The first kappa shape index (κ1) is 25.2. The van der Waals surface area contributed by atoms with Crippen molar-refractivity contribution in [2.75, 3.05) is 13.6 Å². The third kappa shape index (κ3) is 8.66. The smallest absolute Gasteiger partial charge is 0.159 e. The standard InChI is InChI=1S/C21H26N4O.C3H7F/c1-5-18(24-19(10-12-22-4)16(3)14-26)20-11-13-23-21(25-20)17-8-6-15(2)7-9-17;1-3(2)4/h5-9,11,13-14,22,24H,10,12H2,1-4H3;3H,1-2H3/b18-5-,19-16+;. The van der Waals surface area contributed by atoms with Crippen LogP contribution in [0, 0.1) is 6.92 Å². The van der Waals surface area contributed by atoms with Crippen LogP contribution in [0.5, 0.6) is 0 Å². The van der Waals surface area contributed by atoms with Gasteiger partial charge in [-0.15, -0.1) is 0 Å². The number of allylic oxidation sites excluding steroid dienone is 2. The zero-order valence-corrected chi connectivity index (χ0v) is 18.8. The fourth-order valence-corrected chi connectivity index (χ4v) is 2.48. The summed E-state index contributed by atoms with van der Waals surface area (Å²) in [5, 5.41) is 6.48. The quantitative estimate of drug-likeness (QED) is 0.479. The van der Waals surface area contributed by atoms with E-state index in [1.807, 2.05) is 57.3 Å². The van der Waals surface area contributed by atoms with Crippen molar-refractivity contribution in [3.8, 4) is 11.4 Å². The van der Waals surface area contributed by atoms with Crippen LogP contribution in [-0.4, -0.2) is 36.0 Å². The summed E-state index contributed by atoms with van der Waals surface area (Å²) in [5.74, 6) is 0.677. The van der Waals surface area contributed by atoms with E-state index in [-0.39, 0.29) is 0 Å². The first-order chi connectivity index (χ1) is 14.3. The van der Waals surface area contributed by atoms with E-state index in [0.29, 0.717) is 11.4 Å². The molecule has 2 aromatic rings. The Morgan fingerprint density at radius 2 is 1.83 bits per heavy atom. The third-order valence-electron chi connectivity index (χ3n) is 4.09. The molecule has 30 heavy (non-hydrogen) atoms. The summed E-state index contributed by atoms with van der Waals surface area (Å²) < 4.78 is 11.0. The lowest BCUT2D eigenvalue weighted by atomic mass is 10.1. The van der Waals surface area contributed by atoms with E-state index in [2.05, 4.69) is 22.5 Å². The number of aldehydes is 1. The number of aromatic nitrogens is 2. The summed E-state index contributed by atoms with van der Waals surface area (Å²) in [6.45, 7) is 9.60. The van der Waals surface area contributed by atoms with Gasteiger partial charge in [0.15, 0.2) is 5.82 Å². The van der Waals surface area contributed by atoms with Crippen molar-refractivity contribution in [1.29, 1.82) is 0 Å².